The summed E-state index contributed by atoms with van der Waals surface area (Å²) in [5.74, 6) is -1.12. The predicted molar refractivity (Wildman–Crippen MR) is 130 cm³/mol. The first-order valence-electron chi connectivity index (χ1n) is 11.2. The highest BCUT2D eigenvalue weighted by atomic mass is 35.5. The van der Waals surface area contributed by atoms with Gasteiger partial charge in [-0.2, -0.15) is 0 Å². The highest BCUT2D eigenvalue weighted by molar-refractivity contribution is 7.91. The number of sulfone groups is 1. The number of fused-ring (bicyclic) bond motifs is 2. The maximum Gasteiger partial charge on any atom is 0.338 e. The van der Waals surface area contributed by atoms with Crippen molar-refractivity contribution >= 4 is 39.0 Å². The molecule has 1 saturated heterocycles. The molecule has 0 N–H and O–H groups in total. The topological polar surface area (TPSA) is 90.0 Å². The molecule has 2 heterocycles. The minimum atomic E-state index is -4.04. The molecule has 5 rings (SSSR count). The van der Waals surface area contributed by atoms with Gasteiger partial charge in [0.05, 0.1) is 39.3 Å². The van der Waals surface area contributed by atoms with Gasteiger partial charge < -0.3 is 14.4 Å². The summed E-state index contributed by atoms with van der Waals surface area (Å²) in [7, 11) is -4.04. The molecule has 0 aliphatic carbocycles. The van der Waals surface area contributed by atoms with Crippen molar-refractivity contribution in [2.24, 2.45) is 0 Å². The molecule has 0 bridgehead atoms. The van der Waals surface area contributed by atoms with Gasteiger partial charge >= 0.3 is 5.97 Å². The van der Waals surface area contributed by atoms with Gasteiger partial charge in [0.15, 0.2) is 0 Å². The maximum absolute atomic E-state index is 13.7. The van der Waals surface area contributed by atoms with Gasteiger partial charge in [-0.1, -0.05) is 41.9 Å². The van der Waals surface area contributed by atoms with Crippen LogP contribution in [0.15, 0.2) is 76.5 Å². The van der Waals surface area contributed by atoms with E-state index in [4.69, 9.17) is 21.1 Å². The van der Waals surface area contributed by atoms with Gasteiger partial charge in [-0.05, 0) is 54.8 Å². The summed E-state index contributed by atoms with van der Waals surface area (Å²) in [6.45, 7) is 0.768. The highest BCUT2D eigenvalue weighted by Crippen LogP contribution is 2.38. The molecule has 35 heavy (non-hydrogen) atoms. The Labute approximate surface area is 208 Å². The second kappa shape index (κ2) is 9.45. The Morgan fingerprint density at radius 3 is 2.60 bits per heavy atom. The predicted octanol–water partition coefficient (Wildman–Crippen LogP) is 4.67. The third kappa shape index (κ3) is 4.45. The molecular weight excluding hydrogens is 490 g/mol. The first-order valence-corrected chi connectivity index (χ1v) is 13.0. The normalized spacial score (nSPS) is 18.5. The number of carbonyl (C=O) groups excluding carboxylic acids is 2. The molecule has 2 aliphatic heterocycles. The molecule has 3 aromatic carbocycles. The van der Waals surface area contributed by atoms with Crippen LogP contribution in [0.5, 0.6) is 0 Å². The van der Waals surface area contributed by atoms with Crippen LogP contribution in [0.2, 0.25) is 5.02 Å². The van der Waals surface area contributed by atoms with Gasteiger partial charge in [0.25, 0.3) is 5.91 Å². The van der Waals surface area contributed by atoms with E-state index in [1.165, 1.54) is 35.2 Å². The van der Waals surface area contributed by atoms with Crippen LogP contribution in [0.3, 0.4) is 0 Å². The lowest BCUT2D eigenvalue weighted by Gasteiger charge is -2.24. The van der Waals surface area contributed by atoms with Crippen molar-refractivity contribution in [3.63, 3.8) is 0 Å². The van der Waals surface area contributed by atoms with E-state index in [2.05, 4.69) is 0 Å². The third-order valence-electron chi connectivity index (χ3n) is 6.14. The molecule has 2 aliphatic rings. The Balaban J connectivity index is 1.60. The molecule has 0 aromatic heterocycles. The number of ether oxygens (including phenoxy) is 2. The van der Waals surface area contributed by atoms with Crippen molar-refractivity contribution < 1.29 is 27.5 Å². The van der Waals surface area contributed by atoms with E-state index in [-0.39, 0.29) is 45.9 Å². The lowest BCUT2D eigenvalue weighted by Crippen LogP contribution is -2.30. The van der Waals surface area contributed by atoms with Crippen LogP contribution < -0.4 is 4.90 Å². The fourth-order valence-electron chi connectivity index (χ4n) is 4.32. The molecule has 1 fully saturated rings. The number of anilines is 1. The summed E-state index contributed by atoms with van der Waals surface area (Å²) < 4.78 is 38.0. The van der Waals surface area contributed by atoms with Gasteiger partial charge in [-0.3, -0.25) is 4.79 Å². The van der Waals surface area contributed by atoms with Crippen molar-refractivity contribution in [2.45, 2.75) is 35.3 Å². The van der Waals surface area contributed by atoms with E-state index in [0.29, 0.717) is 17.2 Å². The van der Waals surface area contributed by atoms with Crippen LogP contribution in [0, 0.1) is 0 Å². The van der Waals surface area contributed by atoms with Crippen molar-refractivity contribution in [3.05, 3.63) is 88.4 Å². The number of hydrogen-bond donors (Lipinski definition) is 0. The van der Waals surface area contributed by atoms with Crippen LogP contribution in [0.25, 0.3) is 0 Å². The monoisotopic (exact) mass is 511 g/mol. The zero-order valence-corrected chi connectivity index (χ0v) is 20.2. The standard InChI is InChI=1S/C26H22ClNO6S/c27-21-9-3-1-6-18(21)15-28-22-14-17(26(30)34-16-19-7-5-13-33-19)11-12-24(22)35(31,32)23-10-4-2-8-20(23)25(28)29/h1-4,6,8-12,14,19H,5,7,13,15-16H2/t19-/m0/s1. The second-order valence-corrected chi connectivity index (χ2v) is 10.7. The largest absolute Gasteiger partial charge is 0.459 e. The lowest BCUT2D eigenvalue weighted by molar-refractivity contribution is 0.0161. The van der Waals surface area contributed by atoms with Crippen molar-refractivity contribution in [1.82, 2.24) is 0 Å². The summed E-state index contributed by atoms with van der Waals surface area (Å²) in [6, 6.07) is 17.2. The van der Waals surface area contributed by atoms with Crippen molar-refractivity contribution in [3.8, 4) is 0 Å². The number of nitrogens with zero attached hydrogens (tertiary/aromatic N) is 1. The van der Waals surface area contributed by atoms with Crippen LogP contribution in [0.1, 0.15) is 39.1 Å². The van der Waals surface area contributed by atoms with Gasteiger partial charge in [-0.15, -0.1) is 0 Å². The van der Waals surface area contributed by atoms with Crippen LogP contribution >= 0.6 is 11.6 Å². The number of amides is 1. The van der Waals surface area contributed by atoms with E-state index in [9.17, 15) is 18.0 Å². The molecule has 1 atom stereocenters. The van der Waals surface area contributed by atoms with E-state index >= 15 is 0 Å². The smallest absolute Gasteiger partial charge is 0.338 e. The number of esters is 1. The third-order valence-corrected chi connectivity index (χ3v) is 8.37. The molecule has 0 spiro atoms. The lowest BCUT2D eigenvalue weighted by atomic mass is 10.1. The van der Waals surface area contributed by atoms with Gasteiger partial charge in [0, 0.05) is 11.6 Å². The molecule has 9 heteroatoms. The van der Waals surface area contributed by atoms with Gasteiger partial charge in [0.2, 0.25) is 9.84 Å². The Kier molecular flexibility index (Phi) is 6.35. The van der Waals surface area contributed by atoms with E-state index < -0.39 is 21.7 Å². The molecule has 3 aromatic rings. The average molecular weight is 512 g/mol. The Bertz CT molecular complexity index is 1410. The number of hydrogen-bond acceptors (Lipinski definition) is 6. The van der Waals surface area contributed by atoms with E-state index in [1.54, 1.807) is 36.4 Å². The Morgan fingerprint density at radius 1 is 1.06 bits per heavy atom. The first kappa shape index (κ1) is 23.5. The molecule has 180 valence electrons. The fourth-order valence-corrected chi connectivity index (χ4v) is 6.14. The number of rotatable bonds is 5. The first-order chi connectivity index (χ1) is 16.9. The minimum absolute atomic E-state index is 0.0176. The van der Waals surface area contributed by atoms with Crippen LogP contribution in [-0.2, 0) is 25.9 Å². The molecular formula is C26H22ClNO6S. The van der Waals surface area contributed by atoms with Crippen molar-refractivity contribution in [2.75, 3.05) is 18.1 Å². The number of benzene rings is 3. The Hall–Kier alpha value is -3.20. The van der Waals surface area contributed by atoms with Crippen LogP contribution in [-0.4, -0.2) is 39.6 Å². The summed E-state index contributed by atoms with van der Waals surface area (Å²) in [5.41, 5.74) is 0.924. The second-order valence-electron chi connectivity index (χ2n) is 8.40. The minimum Gasteiger partial charge on any atom is -0.459 e. The SMILES string of the molecule is O=C(OC[C@@H]1CCCO1)c1ccc2c(c1)N(Cc1ccccc1Cl)C(=O)c1ccccc1S2(=O)=O. The molecule has 7 nitrogen and oxygen atoms in total. The average Bonchev–Trinajstić information content (AvgIpc) is 3.38. The zero-order valence-electron chi connectivity index (χ0n) is 18.6. The number of halogens is 1. The maximum atomic E-state index is 13.7. The van der Waals surface area contributed by atoms with E-state index in [1.807, 2.05) is 0 Å². The molecule has 0 unspecified atom stereocenters. The molecule has 0 saturated carbocycles. The number of carbonyl (C=O) groups is 2. The van der Waals surface area contributed by atoms with Crippen LogP contribution in [0.4, 0.5) is 5.69 Å². The summed E-state index contributed by atoms with van der Waals surface area (Å²) in [6.07, 6.45) is 1.58. The summed E-state index contributed by atoms with van der Waals surface area (Å²) in [4.78, 5) is 27.7. The van der Waals surface area contributed by atoms with Gasteiger partial charge in [0.1, 0.15) is 6.61 Å². The molecule has 1 amide bonds. The highest BCUT2D eigenvalue weighted by Gasteiger charge is 2.36. The fraction of sp³-hybridized carbons (Fsp3) is 0.231. The summed E-state index contributed by atoms with van der Waals surface area (Å²) in [5, 5.41) is 0.439. The Morgan fingerprint density at radius 2 is 1.83 bits per heavy atom. The van der Waals surface area contributed by atoms with Gasteiger partial charge in [-0.25, -0.2) is 13.2 Å². The molecule has 0 radical (unpaired) electrons. The quantitative estimate of drug-likeness (QED) is 0.462. The van der Waals surface area contributed by atoms with Crippen molar-refractivity contribution in [1.29, 1.82) is 0 Å². The summed E-state index contributed by atoms with van der Waals surface area (Å²) >= 11 is 6.36. The van der Waals surface area contributed by atoms with E-state index in [0.717, 1.165) is 12.8 Å². The zero-order chi connectivity index (χ0) is 24.6.